The van der Waals surface area contributed by atoms with Gasteiger partial charge >= 0.3 is 13.6 Å². The van der Waals surface area contributed by atoms with Crippen LogP contribution in [0.4, 0.5) is 0 Å². The number of carboxylic acids is 1. The standard InChI is InChI=1S/C9H16NO5PS2/c1-3-5-17-14-16(13,15-18-6-4-2)8-10-7-9(11)12/h3-4,10H,1-2,5-8H2,(H,11,12). The van der Waals surface area contributed by atoms with Crippen LogP contribution in [0.15, 0.2) is 25.3 Å². The summed E-state index contributed by atoms with van der Waals surface area (Å²) in [5.41, 5.74) is 0. The van der Waals surface area contributed by atoms with Gasteiger partial charge in [-0.2, -0.15) is 0 Å². The maximum atomic E-state index is 12.1. The Bertz CT molecular complexity index is 308. The lowest BCUT2D eigenvalue weighted by Gasteiger charge is -2.15. The van der Waals surface area contributed by atoms with E-state index in [0.717, 1.165) is 24.1 Å². The summed E-state index contributed by atoms with van der Waals surface area (Å²) in [7, 11) is -3.38. The first-order valence-corrected chi connectivity index (χ1v) is 8.45. The zero-order chi connectivity index (χ0) is 13.9. The van der Waals surface area contributed by atoms with Crippen molar-refractivity contribution < 1.29 is 22.4 Å². The molecular formula is C9H16NO5PS2. The molecule has 0 aromatic heterocycles. The van der Waals surface area contributed by atoms with Gasteiger partial charge in [-0.1, -0.05) is 12.2 Å². The molecule has 0 aromatic rings. The molecule has 0 aliphatic rings. The molecule has 0 fully saturated rings. The number of hydrogen-bond donors (Lipinski definition) is 2. The Morgan fingerprint density at radius 1 is 1.28 bits per heavy atom. The van der Waals surface area contributed by atoms with E-state index in [9.17, 15) is 9.36 Å². The zero-order valence-electron chi connectivity index (χ0n) is 9.74. The molecule has 0 heterocycles. The number of nitrogens with one attached hydrogen (secondary N) is 1. The van der Waals surface area contributed by atoms with Crippen LogP contribution in [0, 0.1) is 0 Å². The van der Waals surface area contributed by atoms with Crippen LogP contribution in [0.3, 0.4) is 0 Å². The van der Waals surface area contributed by atoms with Crippen molar-refractivity contribution in [1.29, 1.82) is 0 Å². The van der Waals surface area contributed by atoms with E-state index in [1.165, 1.54) is 0 Å². The number of rotatable bonds is 12. The van der Waals surface area contributed by atoms with E-state index >= 15 is 0 Å². The van der Waals surface area contributed by atoms with Gasteiger partial charge in [-0.15, -0.1) is 13.2 Å². The number of aliphatic carboxylic acids is 1. The Balaban J connectivity index is 4.19. The highest BCUT2D eigenvalue weighted by atomic mass is 32.2. The second kappa shape index (κ2) is 10.7. The lowest BCUT2D eigenvalue weighted by Crippen LogP contribution is -2.23. The fraction of sp³-hybridized carbons (Fsp3) is 0.444. The van der Waals surface area contributed by atoms with Crippen LogP contribution >= 0.6 is 31.7 Å². The molecule has 0 saturated carbocycles. The number of carboxylic acid groups (broad SMARTS) is 1. The molecule has 0 saturated heterocycles. The molecular weight excluding hydrogens is 297 g/mol. The van der Waals surface area contributed by atoms with E-state index in [2.05, 4.69) is 18.5 Å². The lowest BCUT2D eigenvalue weighted by atomic mass is 10.7. The maximum Gasteiger partial charge on any atom is 0.366 e. The largest absolute Gasteiger partial charge is 0.480 e. The second-order valence-corrected chi connectivity index (χ2v) is 6.75. The maximum absolute atomic E-state index is 12.1. The summed E-state index contributed by atoms with van der Waals surface area (Å²) in [5, 5.41) is 11.0. The lowest BCUT2D eigenvalue weighted by molar-refractivity contribution is -0.135. The van der Waals surface area contributed by atoms with Crippen molar-refractivity contribution >= 4 is 37.7 Å². The minimum atomic E-state index is -3.38. The summed E-state index contributed by atoms with van der Waals surface area (Å²) in [6.07, 6.45) is 3.01. The van der Waals surface area contributed by atoms with E-state index in [1.807, 2.05) is 0 Å². The van der Waals surface area contributed by atoms with Gasteiger partial charge in [0, 0.05) is 35.6 Å². The Morgan fingerprint density at radius 2 is 1.78 bits per heavy atom. The Hall–Kier alpha value is -0.240. The number of carbonyl (C=O) groups is 1. The highest BCUT2D eigenvalue weighted by Crippen LogP contribution is 2.53. The van der Waals surface area contributed by atoms with Crippen LogP contribution in [0.5, 0.6) is 0 Å². The van der Waals surface area contributed by atoms with Crippen molar-refractivity contribution in [3.05, 3.63) is 25.3 Å². The first-order chi connectivity index (χ1) is 8.54. The van der Waals surface area contributed by atoms with Crippen LogP contribution in [0.1, 0.15) is 0 Å². The molecule has 0 bridgehead atoms. The summed E-state index contributed by atoms with van der Waals surface area (Å²) in [6.45, 7) is 6.69. The SMILES string of the molecule is C=CCSOP(=O)(CNCC(=O)O)OSCC=C. The third kappa shape index (κ3) is 9.76. The van der Waals surface area contributed by atoms with Gasteiger partial charge in [0.05, 0.1) is 6.54 Å². The summed E-state index contributed by atoms with van der Waals surface area (Å²) in [4.78, 5) is 10.3. The van der Waals surface area contributed by atoms with Gasteiger partial charge in [0.25, 0.3) is 0 Å². The predicted molar refractivity (Wildman–Crippen MR) is 75.6 cm³/mol. The minimum absolute atomic E-state index is 0.173. The van der Waals surface area contributed by atoms with Crippen molar-refractivity contribution in [1.82, 2.24) is 5.32 Å². The molecule has 0 unspecified atom stereocenters. The van der Waals surface area contributed by atoms with Gasteiger partial charge in [0.1, 0.15) is 6.29 Å². The average Bonchev–Trinajstić information content (AvgIpc) is 2.29. The van der Waals surface area contributed by atoms with Crippen molar-refractivity contribution in [3.8, 4) is 0 Å². The van der Waals surface area contributed by atoms with Crippen LogP contribution in [-0.4, -0.2) is 35.4 Å². The topological polar surface area (TPSA) is 84.9 Å². The third-order valence-corrected chi connectivity index (χ3v) is 5.30. The van der Waals surface area contributed by atoms with E-state index in [0.29, 0.717) is 11.5 Å². The molecule has 6 nitrogen and oxygen atoms in total. The molecule has 0 rings (SSSR count). The number of hydrogen-bond acceptors (Lipinski definition) is 7. The molecule has 0 radical (unpaired) electrons. The highest BCUT2D eigenvalue weighted by molar-refractivity contribution is 8.02. The van der Waals surface area contributed by atoms with Crippen LogP contribution in [0.25, 0.3) is 0 Å². The van der Waals surface area contributed by atoms with E-state index in [1.54, 1.807) is 12.2 Å². The van der Waals surface area contributed by atoms with Crippen molar-refractivity contribution in [2.45, 2.75) is 0 Å². The second-order valence-electron chi connectivity index (χ2n) is 2.88. The fourth-order valence-electron chi connectivity index (χ4n) is 0.683. The van der Waals surface area contributed by atoms with Gasteiger partial charge in [-0.25, -0.2) is 7.94 Å². The Labute approximate surface area is 115 Å². The monoisotopic (exact) mass is 313 g/mol. The van der Waals surface area contributed by atoms with E-state index < -0.39 is 13.6 Å². The first-order valence-electron chi connectivity index (χ1n) is 4.90. The molecule has 0 spiro atoms. The minimum Gasteiger partial charge on any atom is -0.480 e. The molecule has 18 heavy (non-hydrogen) atoms. The van der Waals surface area contributed by atoms with Crippen LogP contribution in [0.2, 0.25) is 0 Å². The van der Waals surface area contributed by atoms with Gasteiger partial charge < -0.3 is 5.11 Å². The molecule has 2 N–H and O–H groups in total. The van der Waals surface area contributed by atoms with Crippen LogP contribution in [-0.2, 0) is 17.3 Å². The fourth-order valence-corrected chi connectivity index (χ4v) is 3.78. The van der Waals surface area contributed by atoms with Crippen molar-refractivity contribution in [2.24, 2.45) is 0 Å². The molecule has 0 aliphatic carbocycles. The highest BCUT2D eigenvalue weighted by Gasteiger charge is 2.26. The van der Waals surface area contributed by atoms with Gasteiger partial charge in [-0.3, -0.25) is 14.7 Å². The first kappa shape index (κ1) is 17.8. The normalized spacial score (nSPS) is 11.1. The molecule has 0 aliphatic heterocycles. The Kier molecular flexibility index (Phi) is 10.5. The summed E-state index contributed by atoms with van der Waals surface area (Å²) >= 11 is 1.89. The van der Waals surface area contributed by atoms with Gasteiger partial charge in [0.2, 0.25) is 0 Å². The summed E-state index contributed by atoms with van der Waals surface area (Å²) < 4.78 is 22.3. The van der Waals surface area contributed by atoms with Gasteiger partial charge in [-0.05, 0) is 0 Å². The molecule has 9 heteroatoms. The molecule has 0 atom stereocenters. The van der Waals surface area contributed by atoms with Crippen molar-refractivity contribution in [3.63, 3.8) is 0 Å². The predicted octanol–water partition coefficient (Wildman–Crippen LogP) is 2.51. The molecule has 0 amide bonds. The average molecular weight is 313 g/mol. The molecule has 104 valence electrons. The van der Waals surface area contributed by atoms with E-state index in [4.69, 9.17) is 13.0 Å². The Morgan fingerprint density at radius 3 is 2.17 bits per heavy atom. The van der Waals surface area contributed by atoms with Crippen molar-refractivity contribution in [2.75, 3.05) is 24.3 Å². The smallest absolute Gasteiger partial charge is 0.366 e. The van der Waals surface area contributed by atoms with E-state index in [-0.39, 0.29) is 12.8 Å². The summed E-state index contributed by atoms with van der Waals surface area (Å²) in [6, 6.07) is 0. The molecule has 0 aromatic carbocycles. The summed E-state index contributed by atoms with van der Waals surface area (Å²) in [5.74, 6) is -0.129. The van der Waals surface area contributed by atoms with Crippen LogP contribution < -0.4 is 5.32 Å². The third-order valence-electron chi connectivity index (χ3n) is 1.29. The zero-order valence-corrected chi connectivity index (χ0v) is 12.3. The quantitative estimate of drug-likeness (QED) is 0.246. The van der Waals surface area contributed by atoms with Gasteiger partial charge in [0.15, 0.2) is 0 Å².